The SMILES string of the molecule is CNC(=O)[C@H]1O[C@@H](n2cnc3c(NCc4cc(Cl)ccc4OCCN4CCOCC4)ncnc32)[C@H](O)[C@@H]1N=[N+]=[N-]. The van der Waals surface area contributed by atoms with E-state index in [9.17, 15) is 9.90 Å². The lowest BCUT2D eigenvalue weighted by Gasteiger charge is -2.26. The highest BCUT2D eigenvalue weighted by Gasteiger charge is 2.48. The first-order valence-electron chi connectivity index (χ1n) is 12.7. The van der Waals surface area contributed by atoms with E-state index in [2.05, 4.69) is 40.5 Å². The number of nitrogens with zero attached hydrogens (tertiary/aromatic N) is 8. The van der Waals surface area contributed by atoms with Gasteiger partial charge in [0.05, 0.1) is 19.5 Å². The Hall–Kier alpha value is -3.72. The Balaban J connectivity index is 1.31. The molecule has 0 radical (unpaired) electrons. The molecule has 3 N–H and O–H groups in total. The fraction of sp³-hybridized carbons (Fsp3) is 0.500. The molecule has 15 nitrogen and oxygen atoms in total. The summed E-state index contributed by atoms with van der Waals surface area (Å²) in [5.41, 5.74) is 10.5. The number of carbonyl (C=O) groups excluding carboxylic acids is 1. The number of hydrogen-bond donors (Lipinski definition) is 3. The zero-order chi connectivity index (χ0) is 28.1. The van der Waals surface area contributed by atoms with Crippen LogP contribution >= 0.6 is 11.6 Å². The number of aliphatic hydroxyl groups is 1. The molecule has 1 amide bonds. The number of aromatic nitrogens is 4. The minimum atomic E-state index is -1.31. The Morgan fingerprint density at radius 1 is 1.32 bits per heavy atom. The van der Waals surface area contributed by atoms with Gasteiger partial charge >= 0.3 is 0 Å². The zero-order valence-electron chi connectivity index (χ0n) is 21.7. The van der Waals surface area contributed by atoms with E-state index in [1.807, 2.05) is 12.1 Å². The summed E-state index contributed by atoms with van der Waals surface area (Å²) in [6, 6.07) is 4.32. The molecule has 4 atom stereocenters. The Bertz CT molecular complexity index is 1390. The van der Waals surface area contributed by atoms with Crippen molar-refractivity contribution in [3.8, 4) is 5.75 Å². The number of rotatable bonds is 10. The van der Waals surface area contributed by atoms with Crippen LogP contribution in [-0.4, -0.2) is 100 Å². The van der Waals surface area contributed by atoms with Crippen LogP contribution in [0.15, 0.2) is 36.0 Å². The van der Waals surface area contributed by atoms with Crippen molar-refractivity contribution in [1.82, 2.24) is 29.7 Å². The maximum atomic E-state index is 12.3. The van der Waals surface area contributed by atoms with Crippen LogP contribution < -0.4 is 15.4 Å². The van der Waals surface area contributed by atoms with Crippen LogP contribution in [0.1, 0.15) is 11.8 Å². The molecular formula is C24H29ClN10O5. The molecule has 2 saturated heterocycles. The van der Waals surface area contributed by atoms with Crippen LogP contribution in [0.5, 0.6) is 5.75 Å². The van der Waals surface area contributed by atoms with E-state index >= 15 is 0 Å². The van der Waals surface area contributed by atoms with E-state index < -0.39 is 30.4 Å². The second-order valence-corrected chi connectivity index (χ2v) is 9.64. The number of fused-ring (bicyclic) bond motifs is 1. The predicted molar refractivity (Wildman–Crippen MR) is 144 cm³/mol. The molecule has 4 heterocycles. The van der Waals surface area contributed by atoms with Crippen LogP contribution in [0.3, 0.4) is 0 Å². The van der Waals surface area contributed by atoms with Crippen LogP contribution in [-0.2, 0) is 20.8 Å². The quantitative estimate of drug-likeness (QED) is 0.182. The lowest BCUT2D eigenvalue weighted by Crippen LogP contribution is -2.40. The van der Waals surface area contributed by atoms with Crippen LogP contribution in [0, 0.1) is 0 Å². The number of amides is 1. The van der Waals surface area contributed by atoms with Gasteiger partial charge in [-0.2, -0.15) is 0 Å². The first-order chi connectivity index (χ1) is 19.5. The standard InChI is InChI=1S/C24H29ClN10O5/c1-27-23(37)20-17(32-33-26)19(36)24(40-20)35-13-31-18-21(29-12-30-22(18)35)28-11-14-10-15(25)2-3-16(14)39-9-6-34-4-7-38-8-5-34/h2-3,10,12-13,17,19-20,24,36H,4-9,11H2,1H3,(H,27,37)(H,28,29,30)/t17-,19+,20-,24+/m0/s1. The number of benzene rings is 1. The van der Waals surface area contributed by atoms with Crippen molar-refractivity contribution in [2.45, 2.75) is 31.0 Å². The first-order valence-corrected chi connectivity index (χ1v) is 13.1. The third-order valence-electron chi connectivity index (χ3n) is 6.80. The Labute approximate surface area is 234 Å². The highest BCUT2D eigenvalue weighted by atomic mass is 35.5. The van der Waals surface area contributed by atoms with Crippen molar-refractivity contribution >= 4 is 34.5 Å². The maximum absolute atomic E-state index is 12.3. The van der Waals surface area contributed by atoms with Crippen LogP contribution in [0.25, 0.3) is 21.6 Å². The number of azide groups is 1. The van der Waals surface area contributed by atoms with E-state index in [-0.39, 0.29) is 0 Å². The Kier molecular flexibility index (Phi) is 8.79. The van der Waals surface area contributed by atoms with Crippen LogP contribution in [0.4, 0.5) is 5.82 Å². The molecule has 0 saturated carbocycles. The summed E-state index contributed by atoms with van der Waals surface area (Å²) in [6.07, 6.45) is -0.779. The predicted octanol–water partition coefficient (Wildman–Crippen LogP) is 1.49. The highest BCUT2D eigenvalue weighted by molar-refractivity contribution is 6.30. The van der Waals surface area contributed by atoms with Gasteiger partial charge in [0.25, 0.3) is 0 Å². The van der Waals surface area contributed by atoms with Crippen molar-refractivity contribution < 1.29 is 24.1 Å². The molecule has 2 aliphatic rings. The number of hydrogen-bond acceptors (Lipinski definition) is 11. The summed E-state index contributed by atoms with van der Waals surface area (Å²) in [5, 5.41) is 20.7. The maximum Gasteiger partial charge on any atom is 0.249 e. The topological polar surface area (TPSA) is 185 Å². The zero-order valence-corrected chi connectivity index (χ0v) is 22.4. The summed E-state index contributed by atoms with van der Waals surface area (Å²) in [5.74, 6) is 0.613. The van der Waals surface area contributed by atoms with Gasteiger partial charge < -0.3 is 30.0 Å². The summed E-state index contributed by atoms with van der Waals surface area (Å²) in [6.45, 7) is 4.88. The van der Waals surface area contributed by atoms with Gasteiger partial charge in [-0.05, 0) is 23.7 Å². The van der Waals surface area contributed by atoms with E-state index in [0.717, 1.165) is 38.4 Å². The van der Waals surface area contributed by atoms with Gasteiger partial charge in [-0.3, -0.25) is 14.3 Å². The number of carbonyl (C=O) groups is 1. The van der Waals surface area contributed by atoms with Gasteiger partial charge in [0.1, 0.15) is 36.9 Å². The minimum Gasteiger partial charge on any atom is -0.492 e. The monoisotopic (exact) mass is 572 g/mol. The molecular weight excluding hydrogens is 544 g/mol. The fourth-order valence-corrected chi connectivity index (χ4v) is 4.91. The summed E-state index contributed by atoms with van der Waals surface area (Å²) >= 11 is 6.27. The number of nitrogens with one attached hydrogen (secondary N) is 2. The smallest absolute Gasteiger partial charge is 0.249 e. The number of imidazole rings is 1. The average Bonchev–Trinajstić information content (AvgIpc) is 3.54. The lowest BCUT2D eigenvalue weighted by molar-refractivity contribution is -0.134. The van der Waals surface area contributed by atoms with Gasteiger partial charge in [0, 0.05) is 48.7 Å². The van der Waals surface area contributed by atoms with E-state index in [1.54, 1.807) is 6.07 Å². The molecule has 2 fully saturated rings. The molecule has 0 unspecified atom stereocenters. The van der Waals surface area contributed by atoms with Gasteiger partial charge in [0.2, 0.25) is 5.91 Å². The van der Waals surface area contributed by atoms with Crippen molar-refractivity contribution in [3.05, 3.63) is 51.9 Å². The average molecular weight is 573 g/mol. The normalized spacial score (nSPS) is 23.1. The number of anilines is 1. The molecule has 212 valence electrons. The third kappa shape index (κ3) is 5.89. The van der Waals surface area contributed by atoms with E-state index in [0.29, 0.717) is 40.9 Å². The summed E-state index contributed by atoms with van der Waals surface area (Å²) in [7, 11) is 1.43. The van der Waals surface area contributed by atoms with Crippen molar-refractivity contribution in [2.75, 3.05) is 51.8 Å². The Morgan fingerprint density at radius 3 is 2.92 bits per heavy atom. The summed E-state index contributed by atoms with van der Waals surface area (Å²) in [4.78, 5) is 30.4. The summed E-state index contributed by atoms with van der Waals surface area (Å²) < 4.78 is 18.8. The Morgan fingerprint density at radius 2 is 2.15 bits per heavy atom. The molecule has 40 heavy (non-hydrogen) atoms. The molecule has 0 aliphatic carbocycles. The number of likely N-dealkylation sites (N-methyl/N-ethyl adjacent to an activating group) is 1. The highest BCUT2D eigenvalue weighted by Crippen LogP contribution is 2.34. The lowest BCUT2D eigenvalue weighted by atomic mass is 10.1. The molecule has 0 bridgehead atoms. The van der Waals surface area contributed by atoms with Crippen molar-refractivity contribution in [2.24, 2.45) is 5.11 Å². The number of ether oxygens (including phenoxy) is 3. The molecule has 5 rings (SSSR count). The molecule has 3 aromatic rings. The first kappa shape index (κ1) is 27.8. The minimum absolute atomic E-state index is 0.340. The van der Waals surface area contributed by atoms with Gasteiger partial charge in [-0.15, -0.1) is 0 Å². The van der Waals surface area contributed by atoms with Crippen LogP contribution in [0.2, 0.25) is 5.02 Å². The van der Waals surface area contributed by atoms with E-state index in [1.165, 1.54) is 24.3 Å². The molecule has 2 aromatic heterocycles. The molecule has 16 heteroatoms. The molecule has 1 aromatic carbocycles. The molecule has 0 spiro atoms. The van der Waals surface area contributed by atoms with Gasteiger partial charge in [-0.1, -0.05) is 16.7 Å². The van der Waals surface area contributed by atoms with Gasteiger partial charge in [-0.25, -0.2) is 15.0 Å². The van der Waals surface area contributed by atoms with E-state index in [4.69, 9.17) is 31.3 Å². The second kappa shape index (κ2) is 12.6. The van der Waals surface area contributed by atoms with Crippen molar-refractivity contribution in [1.29, 1.82) is 0 Å². The number of halogens is 1. The third-order valence-corrected chi connectivity index (χ3v) is 7.03. The van der Waals surface area contributed by atoms with Gasteiger partial charge in [0.15, 0.2) is 23.2 Å². The second-order valence-electron chi connectivity index (χ2n) is 9.20. The number of morpholine rings is 1. The fourth-order valence-electron chi connectivity index (χ4n) is 4.72. The number of aliphatic hydroxyl groups excluding tert-OH is 1. The van der Waals surface area contributed by atoms with Crippen molar-refractivity contribution in [3.63, 3.8) is 0 Å². The largest absolute Gasteiger partial charge is 0.492 e. The molecule has 2 aliphatic heterocycles.